The third kappa shape index (κ3) is 3.98. The minimum atomic E-state index is 0.124. The summed E-state index contributed by atoms with van der Waals surface area (Å²) in [7, 11) is 2.23. The average molecular weight is 378 g/mol. The van der Waals surface area contributed by atoms with E-state index >= 15 is 0 Å². The second-order valence-electron chi connectivity index (χ2n) is 8.47. The van der Waals surface area contributed by atoms with Crippen molar-refractivity contribution in [2.24, 2.45) is 0 Å². The molecule has 2 aromatic rings. The Morgan fingerprint density at radius 2 is 1.82 bits per heavy atom. The van der Waals surface area contributed by atoms with Crippen molar-refractivity contribution in [3.63, 3.8) is 0 Å². The molecule has 4 rings (SSSR count). The number of nitrogens with zero attached hydrogens (tertiary/aromatic N) is 2. The Balaban J connectivity index is 1.45. The van der Waals surface area contributed by atoms with Crippen LogP contribution >= 0.6 is 0 Å². The molecule has 0 unspecified atom stereocenters. The number of carbonyl (C=O) groups is 1. The van der Waals surface area contributed by atoms with Crippen LogP contribution in [-0.2, 0) is 11.3 Å². The normalized spacial score (nSPS) is 24.1. The van der Waals surface area contributed by atoms with E-state index in [4.69, 9.17) is 0 Å². The molecular formula is C24H31N3O. The van der Waals surface area contributed by atoms with Crippen LogP contribution in [-0.4, -0.2) is 54.5 Å². The lowest BCUT2D eigenvalue weighted by Gasteiger charge is -2.49. The van der Waals surface area contributed by atoms with Gasteiger partial charge in [0.1, 0.15) is 0 Å². The number of piperazine rings is 1. The number of likely N-dealkylation sites (N-methyl/N-ethyl adjacent to an activating group) is 1. The molecule has 4 heteroatoms. The number of rotatable bonds is 3. The van der Waals surface area contributed by atoms with E-state index in [1.807, 2.05) is 0 Å². The summed E-state index contributed by atoms with van der Waals surface area (Å²) in [5, 5.41) is 3.04. The molecule has 2 saturated heterocycles. The van der Waals surface area contributed by atoms with Gasteiger partial charge in [-0.25, -0.2) is 0 Å². The van der Waals surface area contributed by atoms with Crippen LogP contribution in [0.1, 0.15) is 30.4 Å². The van der Waals surface area contributed by atoms with E-state index in [0.717, 1.165) is 45.6 Å². The van der Waals surface area contributed by atoms with E-state index in [9.17, 15) is 4.79 Å². The van der Waals surface area contributed by atoms with Crippen LogP contribution in [0.3, 0.4) is 0 Å². The molecule has 2 heterocycles. The average Bonchev–Trinajstić information content (AvgIpc) is 2.88. The number of aryl methyl sites for hydroxylation is 1. The summed E-state index contributed by atoms with van der Waals surface area (Å²) in [4.78, 5) is 16.9. The molecule has 1 atom stereocenters. The first-order chi connectivity index (χ1) is 13.6. The van der Waals surface area contributed by atoms with Crippen LogP contribution in [0.5, 0.6) is 0 Å². The monoisotopic (exact) mass is 377 g/mol. The molecule has 1 amide bonds. The van der Waals surface area contributed by atoms with Gasteiger partial charge in [0.25, 0.3) is 0 Å². The van der Waals surface area contributed by atoms with Crippen molar-refractivity contribution >= 4 is 5.91 Å². The highest BCUT2D eigenvalue weighted by molar-refractivity contribution is 5.76. The summed E-state index contributed by atoms with van der Waals surface area (Å²) < 4.78 is 0. The zero-order chi connectivity index (χ0) is 19.6. The van der Waals surface area contributed by atoms with Gasteiger partial charge in [0.05, 0.1) is 0 Å². The number of carbonyl (C=O) groups excluding carboxylic acids is 1. The van der Waals surface area contributed by atoms with Gasteiger partial charge in [-0.15, -0.1) is 0 Å². The molecule has 1 spiro atoms. The third-order valence-corrected chi connectivity index (χ3v) is 6.63. The zero-order valence-corrected chi connectivity index (χ0v) is 17.1. The maximum atomic E-state index is 11.8. The van der Waals surface area contributed by atoms with Crippen molar-refractivity contribution < 1.29 is 4.79 Å². The Hall–Kier alpha value is -2.17. The fourth-order valence-corrected chi connectivity index (χ4v) is 4.76. The first-order valence-electron chi connectivity index (χ1n) is 10.4. The standard InChI is InChI=1S/C24H31N3O/c1-19-5-3-4-6-22(19)21-9-7-20(8-10-21)17-27-16-15-26(2)24(18-27)12-11-23(28)25-14-13-24/h3-10H,11-18H2,1-2H3,(H,25,28)/t24-/m0/s1. The molecule has 0 saturated carbocycles. The van der Waals surface area contributed by atoms with Crippen LogP contribution in [0.2, 0.25) is 0 Å². The molecule has 2 aliphatic rings. The molecule has 0 radical (unpaired) electrons. The van der Waals surface area contributed by atoms with Gasteiger partial charge in [0, 0.05) is 44.7 Å². The van der Waals surface area contributed by atoms with Gasteiger partial charge in [0.2, 0.25) is 5.91 Å². The van der Waals surface area contributed by atoms with E-state index in [1.54, 1.807) is 0 Å². The summed E-state index contributed by atoms with van der Waals surface area (Å²) >= 11 is 0. The van der Waals surface area contributed by atoms with Crippen LogP contribution in [0.4, 0.5) is 0 Å². The summed E-state index contributed by atoms with van der Waals surface area (Å²) in [6.07, 6.45) is 2.64. The predicted molar refractivity (Wildman–Crippen MR) is 114 cm³/mol. The van der Waals surface area contributed by atoms with Crippen molar-refractivity contribution in [1.29, 1.82) is 0 Å². The van der Waals surface area contributed by atoms with Crippen molar-refractivity contribution in [2.45, 2.75) is 38.3 Å². The Morgan fingerprint density at radius 1 is 1.04 bits per heavy atom. The summed E-state index contributed by atoms with van der Waals surface area (Å²) in [6, 6.07) is 17.6. The van der Waals surface area contributed by atoms with Crippen LogP contribution in [0.25, 0.3) is 11.1 Å². The lowest BCUT2D eigenvalue weighted by atomic mass is 9.86. The molecule has 0 bridgehead atoms. The van der Waals surface area contributed by atoms with Crippen molar-refractivity contribution in [3.05, 3.63) is 59.7 Å². The van der Waals surface area contributed by atoms with E-state index in [1.165, 1.54) is 22.3 Å². The molecule has 148 valence electrons. The minimum absolute atomic E-state index is 0.124. The smallest absolute Gasteiger partial charge is 0.220 e. The molecule has 28 heavy (non-hydrogen) atoms. The lowest BCUT2D eigenvalue weighted by Crippen LogP contribution is -2.60. The topological polar surface area (TPSA) is 35.6 Å². The van der Waals surface area contributed by atoms with Gasteiger partial charge in [-0.3, -0.25) is 14.6 Å². The predicted octanol–water partition coefficient (Wildman–Crippen LogP) is 3.45. The zero-order valence-electron chi connectivity index (χ0n) is 17.1. The first-order valence-corrected chi connectivity index (χ1v) is 10.4. The van der Waals surface area contributed by atoms with Crippen LogP contribution in [0, 0.1) is 6.92 Å². The Labute approximate surface area is 168 Å². The molecular weight excluding hydrogens is 346 g/mol. The van der Waals surface area contributed by atoms with Gasteiger partial charge in [0.15, 0.2) is 0 Å². The van der Waals surface area contributed by atoms with Gasteiger partial charge >= 0.3 is 0 Å². The Bertz CT molecular complexity index is 832. The largest absolute Gasteiger partial charge is 0.356 e. The molecule has 0 aromatic heterocycles. The lowest BCUT2D eigenvalue weighted by molar-refractivity contribution is -0.121. The Kier molecular flexibility index (Phi) is 5.51. The van der Waals surface area contributed by atoms with Crippen molar-refractivity contribution in [3.8, 4) is 11.1 Å². The van der Waals surface area contributed by atoms with E-state index in [0.29, 0.717) is 6.42 Å². The van der Waals surface area contributed by atoms with Crippen LogP contribution < -0.4 is 5.32 Å². The van der Waals surface area contributed by atoms with Crippen molar-refractivity contribution in [1.82, 2.24) is 15.1 Å². The second kappa shape index (κ2) is 8.06. The molecule has 4 nitrogen and oxygen atoms in total. The molecule has 2 aliphatic heterocycles. The second-order valence-corrected chi connectivity index (χ2v) is 8.47. The quantitative estimate of drug-likeness (QED) is 0.890. The van der Waals surface area contributed by atoms with Crippen molar-refractivity contribution in [2.75, 3.05) is 33.2 Å². The highest BCUT2D eigenvalue weighted by Gasteiger charge is 2.40. The third-order valence-electron chi connectivity index (χ3n) is 6.63. The van der Waals surface area contributed by atoms with Gasteiger partial charge in [-0.2, -0.15) is 0 Å². The maximum Gasteiger partial charge on any atom is 0.220 e. The summed E-state index contributed by atoms with van der Waals surface area (Å²) in [5.41, 5.74) is 5.39. The van der Waals surface area contributed by atoms with Crippen LogP contribution in [0.15, 0.2) is 48.5 Å². The minimum Gasteiger partial charge on any atom is -0.356 e. The highest BCUT2D eigenvalue weighted by atomic mass is 16.1. The number of nitrogens with one attached hydrogen (secondary N) is 1. The van der Waals surface area contributed by atoms with E-state index in [-0.39, 0.29) is 11.4 Å². The maximum absolute atomic E-state index is 11.8. The number of hydrogen-bond donors (Lipinski definition) is 1. The van der Waals surface area contributed by atoms with Gasteiger partial charge in [-0.1, -0.05) is 48.5 Å². The van der Waals surface area contributed by atoms with Gasteiger partial charge in [-0.05, 0) is 49.1 Å². The Morgan fingerprint density at radius 3 is 2.61 bits per heavy atom. The number of benzene rings is 2. The van der Waals surface area contributed by atoms with Gasteiger partial charge < -0.3 is 5.32 Å². The molecule has 2 aromatic carbocycles. The number of amides is 1. The van der Waals surface area contributed by atoms with E-state index < -0.39 is 0 Å². The fourth-order valence-electron chi connectivity index (χ4n) is 4.76. The molecule has 1 N–H and O–H groups in total. The highest BCUT2D eigenvalue weighted by Crippen LogP contribution is 2.31. The van der Waals surface area contributed by atoms with E-state index in [2.05, 4.69) is 77.6 Å². The number of hydrogen-bond acceptors (Lipinski definition) is 3. The SMILES string of the molecule is Cc1ccccc1-c1ccc(CN2CCN(C)[C@@]3(CCNC(=O)CC3)C2)cc1. The fraction of sp³-hybridized carbons (Fsp3) is 0.458. The molecule has 2 fully saturated rings. The summed E-state index contributed by atoms with van der Waals surface area (Å²) in [6.45, 7) is 7.12. The molecule has 0 aliphatic carbocycles. The first kappa shape index (κ1) is 19.2. The summed E-state index contributed by atoms with van der Waals surface area (Å²) in [5.74, 6) is 0.203.